The van der Waals surface area contributed by atoms with Crippen molar-refractivity contribution in [2.45, 2.75) is 19.1 Å². The first-order valence-electron chi connectivity index (χ1n) is 10.3. The van der Waals surface area contributed by atoms with E-state index in [4.69, 9.17) is 16.3 Å². The van der Waals surface area contributed by atoms with Crippen LogP contribution in [-0.4, -0.2) is 14.8 Å². The van der Waals surface area contributed by atoms with Crippen molar-refractivity contribution in [2.75, 3.05) is 5.32 Å². The molecule has 7 heteroatoms. The normalized spacial score (nSPS) is 18.8. The molecule has 2 atom stereocenters. The molecular formula is C25H18ClFN4O. The van der Waals surface area contributed by atoms with Crippen molar-refractivity contribution < 1.29 is 9.13 Å². The third-order valence-corrected chi connectivity index (χ3v) is 6.19. The third-order valence-electron chi connectivity index (χ3n) is 5.96. The van der Waals surface area contributed by atoms with Crippen molar-refractivity contribution in [3.8, 4) is 5.75 Å². The Balaban J connectivity index is 1.65. The standard InChI is InChI=1S/C25H18ClFN4O/c1-14-6-8-15(9-7-14)24-21-22(18-12-16(26)10-11-20(18)32-24)30-25-28-13-29-31(25)23(21)17-4-2-3-5-19(17)27/h2-13,23-24H,1H3,(H,28,29,30). The predicted octanol–water partition coefficient (Wildman–Crippen LogP) is 5.94. The van der Waals surface area contributed by atoms with Crippen molar-refractivity contribution >= 4 is 23.2 Å². The Kier molecular flexibility index (Phi) is 4.30. The lowest BCUT2D eigenvalue weighted by Crippen LogP contribution is -2.32. The van der Waals surface area contributed by atoms with Crippen molar-refractivity contribution in [3.05, 3.63) is 112 Å². The summed E-state index contributed by atoms with van der Waals surface area (Å²) in [4.78, 5) is 4.37. The van der Waals surface area contributed by atoms with Gasteiger partial charge in [0.15, 0.2) is 0 Å². The molecule has 0 saturated heterocycles. The Morgan fingerprint density at radius 3 is 2.69 bits per heavy atom. The molecule has 0 radical (unpaired) electrons. The van der Waals surface area contributed by atoms with Gasteiger partial charge in [0.25, 0.3) is 0 Å². The number of fused-ring (bicyclic) bond motifs is 3. The molecule has 2 aliphatic heterocycles. The van der Waals surface area contributed by atoms with Crippen LogP contribution in [0.5, 0.6) is 5.75 Å². The summed E-state index contributed by atoms with van der Waals surface area (Å²) in [5, 5.41) is 8.41. The molecule has 2 unspecified atom stereocenters. The third kappa shape index (κ3) is 2.91. The first-order chi connectivity index (χ1) is 15.6. The van der Waals surface area contributed by atoms with Crippen LogP contribution in [0.4, 0.5) is 10.3 Å². The minimum Gasteiger partial charge on any atom is -0.480 e. The fourth-order valence-corrected chi connectivity index (χ4v) is 4.63. The number of nitrogens with one attached hydrogen (secondary N) is 1. The van der Waals surface area contributed by atoms with E-state index in [0.29, 0.717) is 22.3 Å². The number of halogens is 2. The number of rotatable bonds is 2. The number of hydrogen-bond donors (Lipinski definition) is 1. The number of aromatic nitrogens is 3. The SMILES string of the molecule is Cc1ccc(C2Oc3ccc(Cl)cc3C3=C2C(c2ccccc2F)n2ncnc2N3)cc1. The van der Waals surface area contributed by atoms with Crippen molar-refractivity contribution in [1.82, 2.24) is 14.8 Å². The quantitative estimate of drug-likeness (QED) is 0.415. The highest BCUT2D eigenvalue weighted by Crippen LogP contribution is 2.51. The molecule has 4 aromatic rings. The van der Waals surface area contributed by atoms with Crippen LogP contribution < -0.4 is 10.1 Å². The fourth-order valence-electron chi connectivity index (χ4n) is 4.45. The highest BCUT2D eigenvalue weighted by Gasteiger charge is 2.41. The van der Waals surface area contributed by atoms with E-state index in [2.05, 4.69) is 15.4 Å². The van der Waals surface area contributed by atoms with Crippen LogP contribution in [-0.2, 0) is 0 Å². The van der Waals surface area contributed by atoms with Crippen LogP contribution in [0.3, 0.4) is 0 Å². The first kappa shape index (κ1) is 19.1. The lowest BCUT2D eigenvalue weighted by Gasteiger charge is -2.39. The molecule has 0 fully saturated rings. The minimum absolute atomic E-state index is 0.313. The molecule has 0 spiro atoms. The first-order valence-corrected chi connectivity index (χ1v) is 10.7. The largest absolute Gasteiger partial charge is 0.480 e. The number of hydrogen-bond acceptors (Lipinski definition) is 4. The Hall–Kier alpha value is -3.64. The predicted molar refractivity (Wildman–Crippen MR) is 121 cm³/mol. The number of nitrogens with zero attached hydrogens (tertiary/aromatic N) is 3. The molecule has 6 rings (SSSR count). The molecule has 3 aromatic carbocycles. The highest BCUT2D eigenvalue weighted by atomic mass is 35.5. The second-order valence-corrected chi connectivity index (χ2v) is 8.39. The monoisotopic (exact) mass is 444 g/mol. The summed E-state index contributed by atoms with van der Waals surface area (Å²) in [6.07, 6.45) is 1.02. The maximum atomic E-state index is 15.1. The number of anilines is 1. The van der Waals surface area contributed by atoms with Crippen LogP contribution in [0, 0.1) is 12.7 Å². The zero-order valence-electron chi connectivity index (χ0n) is 17.1. The number of ether oxygens (including phenoxy) is 1. The van der Waals surface area contributed by atoms with Crippen molar-refractivity contribution in [1.29, 1.82) is 0 Å². The second kappa shape index (κ2) is 7.21. The van der Waals surface area contributed by atoms with Crippen LogP contribution in [0.1, 0.15) is 34.4 Å². The van der Waals surface area contributed by atoms with E-state index in [1.54, 1.807) is 22.9 Å². The minimum atomic E-state index is -0.539. The molecule has 0 bridgehead atoms. The Bertz CT molecular complexity index is 1380. The van der Waals surface area contributed by atoms with Gasteiger partial charge in [0.1, 0.15) is 30.0 Å². The fraction of sp³-hybridized carbons (Fsp3) is 0.120. The van der Waals surface area contributed by atoms with E-state index >= 15 is 4.39 Å². The maximum absolute atomic E-state index is 15.1. The van der Waals surface area contributed by atoms with Gasteiger partial charge in [-0.2, -0.15) is 10.1 Å². The topological polar surface area (TPSA) is 52.0 Å². The molecule has 158 valence electrons. The summed E-state index contributed by atoms with van der Waals surface area (Å²) < 4.78 is 23.3. The Labute approximate surface area is 189 Å². The van der Waals surface area contributed by atoms with Gasteiger partial charge in [-0.25, -0.2) is 9.07 Å². The van der Waals surface area contributed by atoms with Gasteiger partial charge in [-0.3, -0.25) is 0 Å². The number of aryl methyl sites for hydroxylation is 1. The van der Waals surface area contributed by atoms with Crippen molar-refractivity contribution in [2.24, 2.45) is 0 Å². The smallest absolute Gasteiger partial charge is 0.226 e. The second-order valence-electron chi connectivity index (χ2n) is 7.96. The van der Waals surface area contributed by atoms with E-state index in [1.807, 2.05) is 49.4 Å². The van der Waals surface area contributed by atoms with E-state index in [-0.39, 0.29) is 5.82 Å². The molecular weight excluding hydrogens is 427 g/mol. The molecule has 3 heterocycles. The van der Waals surface area contributed by atoms with Crippen LogP contribution in [0.15, 0.2) is 78.6 Å². The average molecular weight is 445 g/mol. The summed E-state index contributed by atoms with van der Waals surface area (Å²) >= 11 is 6.34. The molecule has 5 nitrogen and oxygen atoms in total. The van der Waals surface area contributed by atoms with Crippen LogP contribution in [0.2, 0.25) is 5.02 Å². The zero-order chi connectivity index (χ0) is 21.8. The Morgan fingerprint density at radius 2 is 1.88 bits per heavy atom. The van der Waals surface area contributed by atoms with Gasteiger partial charge in [-0.15, -0.1) is 0 Å². The van der Waals surface area contributed by atoms with Gasteiger partial charge >= 0.3 is 0 Å². The van der Waals surface area contributed by atoms with E-state index < -0.39 is 12.1 Å². The lowest BCUT2D eigenvalue weighted by atomic mass is 9.84. The molecule has 2 aliphatic rings. The molecule has 1 N–H and O–H groups in total. The van der Waals surface area contributed by atoms with Gasteiger partial charge in [-0.1, -0.05) is 59.6 Å². The van der Waals surface area contributed by atoms with Gasteiger partial charge in [0, 0.05) is 21.7 Å². The molecule has 0 amide bonds. The lowest BCUT2D eigenvalue weighted by molar-refractivity contribution is 0.222. The summed E-state index contributed by atoms with van der Waals surface area (Å²) in [7, 11) is 0. The van der Waals surface area contributed by atoms with Gasteiger partial charge < -0.3 is 10.1 Å². The summed E-state index contributed by atoms with van der Waals surface area (Å²) in [6, 6.07) is 19.9. The molecule has 0 saturated carbocycles. The van der Waals surface area contributed by atoms with Crippen LogP contribution >= 0.6 is 11.6 Å². The maximum Gasteiger partial charge on any atom is 0.226 e. The van der Waals surface area contributed by atoms with Crippen molar-refractivity contribution in [3.63, 3.8) is 0 Å². The molecule has 32 heavy (non-hydrogen) atoms. The molecule has 0 aliphatic carbocycles. The van der Waals surface area contributed by atoms with E-state index in [1.165, 1.54) is 12.4 Å². The molecule has 1 aromatic heterocycles. The Morgan fingerprint density at radius 1 is 1.06 bits per heavy atom. The summed E-state index contributed by atoms with van der Waals surface area (Å²) in [6.45, 7) is 2.04. The highest BCUT2D eigenvalue weighted by molar-refractivity contribution is 6.30. The summed E-state index contributed by atoms with van der Waals surface area (Å²) in [5.74, 6) is 0.922. The van der Waals surface area contributed by atoms with Gasteiger partial charge in [0.2, 0.25) is 5.95 Å². The van der Waals surface area contributed by atoms with Gasteiger partial charge in [-0.05, 0) is 36.8 Å². The van der Waals surface area contributed by atoms with Crippen LogP contribution in [0.25, 0.3) is 5.70 Å². The number of benzene rings is 3. The van der Waals surface area contributed by atoms with E-state index in [9.17, 15) is 0 Å². The zero-order valence-corrected chi connectivity index (χ0v) is 17.8. The average Bonchev–Trinajstić information content (AvgIpc) is 3.27. The summed E-state index contributed by atoms with van der Waals surface area (Å²) in [5.41, 5.74) is 5.10. The van der Waals surface area contributed by atoms with E-state index in [0.717, 1.165) is 28.0 Å². The van der Waals surface area contributed by atoms with Gasteiger partial charge in [0.05, 0.1) is 5.70 Å².